The number of aliphatic hydroxyl groups excluding tert-OH is 1. The predicted octanol–water partition coefficient (Wildman–Crippen LogP) is 2.20. The Morgan fingerprint density at radius 1 is 1.43 bits per heavy atom. The number of ether oxygens (including phenoxy) is 1. The van der Waals surface area contributed by atoms with Gasteiger partial charge < -0.3 is 24.5 Å². The highest BCUT2D eigenvalue weighted by Gasteiger charge is 2.42. The molecule has 2 N–H and O–H groups in total. The number of fused-ring (bicyclic) bond motifs is 2. The van der Waals surface area contributed by atoms with Crippen LogP contribution in [0.2, 0.25) is 0 Å². The summed E-state index contributed by atoms with van der Waals surface area (Å²) in [7, 11) is 0. The third-order valence-electron chi connectivity index (χ3n) is 5.42. The van der Waals surface area contributed by atoms with Crippen LogP contribution in [0.5, 0.6) is 0 Å². The van der Waals surface area contributed by atoms with Gasteiger partial charge >= 0.3 is 6.03 Å². The number of rotatable bonds is 4. The molecule has 23 heavy (non-hydrogen) atoms. The van der Waals surface area contributed by atoms with Crippen molar-refractivity contribution in [2.24, 2.45) is 0 Å². The van der Waals surface area contributed by atoms with E-state index in [1.165, 1.54) is 0 Å². The molecule has 2 amide bonds. The first-order valence-electron chi connectivity index (χ1n) is 8.65. The molecule has 0 spiro atoms. The van der Waals surface area contributed by atoms with Gasteiger partial charge in [-0.3, -0.25) is 0 Å². The van der Waals surface area contributed by atoms with E-state index in [0.29, 0.717) is 18.3 Å². The van der Waals surface area contributed by atoms with Crippen molar-refractivity contribution in [2.45, 2.75) is 68.9 Å². The Morgan fingerprint density at radius 3 is 3.04 bits per heavy atom. The predicted molar refractivity (Wildman–Crippen MR) is 82.8 cm³/mol. The van der Waals surface area contributed by atoms with Crippen LogP contribution in [0.1, 0.15) is 50.4 Å². The summed E-state index contributed by atoms with van der Waals surface area (Å²) in [6.07, 6.45) is 6.97. The Bertz CT molecular complexity index is 547. The minimum atomic E-state index is -0.658. The van der Waals surface area contributed by atoms with Gasteiger partial charge in [0.05, 0.1) is 24.5 Å². The third-order valence-corrected chi connectivity index (χ3v) is 5.42. The second kappa shape index (κ2) is 6.17. The number of nitrogens with zero attached hydrogens (tertiary/aromatic N) is 1. The number of hydrogen-bond donors (Lipinski definition) is 2. The number of carbonyl (C=O) groups is 1. The number of furan rings is 1. The zero-order valence-corrected chi connectivity index (χ0v) is 13.2. The smallest absolute Gasteiger partial charge is 0.317 e. The minimum Gasteiger partial charge on any atom is -0.467 e. The molecule has 3 saturated heterocycles. The fraction of sp³-hybridized carbons (Fsp3) is 0.706. The van der Waals surface area contributed by atoms with Crippen molar-refractivity contribution in [3.05, 3.63) is 24.2 Å². The van der Waals surface area contributed by atoms with Crippen LogP contribution < -0.4 is 5.32 Å². The van der Waals surface area contributed by atoms with E-state index < -0.39 is 6.10 Å². The van der Waals surface area contributed by atoms with Gasteiger partial charge in [-0.1, -0.05) is 0 Å². The van der Waals surface area contributed by atoms with Gasteiger partial charge in [0.1, 0.15) is 11.9 Å². The topological polar surface area (TPSA) is 74.9 Å². The van der Waals surface area contributed by atoms with E-state index in [2.05, 4.69) is 5.32 Å². The summed E-state index contributed by atoms with van der Waals surface area (Å²) in [5.41, 5.74) is 0. The van der Waals surface area contributed by atoms with Gasteiger partial charge in [-0.05, 0) is 44.2 Å². The van der Waals surface area contributed by atoms with Crippen LogP contribution in [-0.2, 0) is 4.74 Å². The Kier molecular flexibility index (Phi) is 4.03. The molecule has 126 valence electrons. The van der Waals surface area contributed by atoms with Crippen LogP contribution in [-0.4, -0.2) is 46.9 Å². The first-order chi connectivity index (χ1) is 11.2. The molecule has 5 atom stereocenters. The molecule has 3 fully saturated rings. The first-order valence-corrected chi connectivity index (χ1v) is 8.65. The maximum absolute atomic E-state index is 12.6. The second-order valence-corrected chi connectivity index (χ2v) is 6.92. The lowest BCUT2D eigenvalue weighted by Gasteiger charge is -2.29. The van der Waals surface area contributed by atoms with E-state index in [1.54, 1.807) is 18.4 Å². The largest absolute Gasteiger partial charge is 0.467 e. The SMILES string of the molecule is O=C(N[C@@H]1C[C@H]2CC[C@H]1O2)N1CCC[C@@H]1C[C@H](O)c1ccco1. The number of amides is 2. The van der Waals surface area contributed by atoms with Gasteiger partial charge in [-0.2, -0.15) is 0 Å². The van der Waals surface area contributed by atoms with Crippen LogP contribution >= 0.6 is 0 Å². The summed E-state index contributed by atoms with van der Waals surface area (Å²) >= 11 is 0. The summed E-state index contributed by atoms with van der Waals surface area (Å²) in [5, 5.41) is 13.4. The minimum absolute atomic E-state index is 0.0136. The lowest BCUT2D eigenvalue weighted by atomic mass is 9.96. The highest BCUT2D eigenvalue weighted by atomic mass is 16.5. The molecule has 4 rings (SSSR count). The van der Waals surface area contributed by atoms with Crippen molar-refractivity contribution in [1.82, 2.24) is 10.2 Å². The Morgan fingerprint density at radius 2 is 2.35 bits per heavy atom. The Hall–Kier alpha value is -1.53. The molecule has 0 radical (unpaired) electrons. The molecule has 2 bridgehead atoms. The summed E-state index contributed by atoms with van der Waals surface area (Å²) < 4.78 is 11.1. The maximum Gasteiger partial charge on any atom is 0.317 e. The van der Waals surface area contributed by atoms with Crippen LogP contribution in [0.15, 0.2) is 22.8 Å². The normalized spacial score (nSPS) is 34.0. The number of nitrogens with one attached hydrogen (secondary N) is 1. The van der Waals surface area contributed by atoms with E-state index in [9.17, 15) is 9.90 Å². The third kappa shape index (κ3) is 2.97. The number of likely N-dealkylation sites (tertiary alicyclic amines) is 1. The van der Waals surface area contributed by atoms with Gasteiger partial charge in [0.25, 0.3) is 0 Å². The maximum atomic E-state index is 12.6. The van der Waals surface area contributed by atoms with Crippen molar-refractivity contribution in [3.8, 4) is 0 Å². The lowest BCUT2D eigenvalue weighted by Crippen LogP contribution is -2.49. The van der Waals surface area contributed by atoms with Crippen molar-refractivity contribution < 1.29 is 19.1 Å². The fourth-order valence-corrected chi connectivity index (χ4v) is 4.23. The summed E-state index contributed by atoms with van der Waals surface area (Å²) in [6, 6.07) is 3.75. The molecule has 0 saturated carbocycles. The molecular formula is C17H24N2O4. The first kappa shape index (κ1) is 15.0. The van der Waals surface area contributed by atoms with E-state index in [0.717, 1.165) is 38.6 Å². The molecule has 1 aromatic rings. The molecule has 0 aromatic carbocycles. The number of hydrogen-bond acceptors (Lipinski definition) is 4. The van der Waals surface area contributed by atoms with E-state index >= 15 is 0 Å². The van der Waals surface area contributed by atoms with Gasteiger partial charge in [0.15, 0.2) is 0 Å². The number of carbonyl (C=O) groups excluding carboxylic acids is 1. The van der Waals surface area contributed by atoms with Crippen LogP contribution in [0, 0.1) is 0 Å². The van der Waals surface area contributed by atoms with Gasteiger partial charge in [-0.15, -0.1) is 0 Å². The van der Waals surface area contributed by atoms with Gasteiger partial charge in [0.2, 0.25) is 0 Å². The van der Waals surface area contributed by atoms with Gasteiger partial charge in [0, 0.05) is 19.0 Å². The van der Waals surface area contributed by atoms with Crippen LogP contribution in [0.4, 0.5) is 4.79 Å². The molecule has 0 unspecified atom stereocenters. The molecule has 0 aliphatic carbocycles. The lowest BCUT2D eigenvalue weighted by molar-refractivity contribution is 0.0937. The monoisotopic (exact) mass is 320 g/mol. The Balaban J connectivity index is 1.34. The summed E-state index contributed by atoms with van der Waals surface area (Å²) in [4.78, 5) is 14.5. The molecule has 6 heteroatoms. The average molecular weight is 320 g/mol. The zero-order chi connectivity index (χ0) is 15.8. The highest BCUT2D eigenvalue weighted by Crippen LogP contribution is 2.35. The molecule has 6 nitrogen and oxygen atoms in total. The molecule has 1 aromatic heterocycles. The fourth-order valence-electron chi connectivity index (χ4n) is 4.23. The summed E-state index contributed by atoms with van der Waals surface area (Å²) in [6.45, 7) is 0.753. The Labute approximate surface area is 135 Å². The molecule has 4 heterocycles. The second-order valence-electron chi connectivity index (χ2n) is 6.92. The number of aliphatic hydroxyl groups is 1. The molecular weight excluding hydrogens is 296 g/mol. The van der Waals surface area contributed by atoms with Crippen molar-refractivity contribution in [3.63, 3.8) is 0 Å². The van der Waals surface area contributed by atoms with E-state index in [1.807, 2.05) is 4.90 Å². The van der Waals surface area contributed by atoms with E-state index in [4.69, 9.17) is 9.15 Å². The standard InChI is InChI=1S/C17H24N2O4/c20-14(16-4-2-8-22-16)9-11-3-1-7-19(11)17(21)18-13-10-12-5-6-15(13)23-12/h2,4,8,11-15,20H,1,3,5-7,9-10H2,(H,18,21)/t11-,12-,13-,14+,15-/m1/s1. The van der Waals surface area contributed by atoms with Gasteiger partial charge in [-0.25, -0.2) is 4.79 Å². The highest BCUT2D eigenvalue weighted by molar-refractivity contribution is 5.75. The van der Waals surface area contributed by atoms with Crippen LogP contribution in [0.3, 0.4) is 0 Å². The quantitative estimate of drug-likeness (QED) is 0.892. The molecule has 3 aliphatic rings. The molecule has 3 aliphatic heterocycles. The summed E-state index contributed by atoms with van der Waals surface area (Å²) in [5.74, 6) is 0.568. The van der Waals surface area contributed by atoms with Crippen molar-refractivity contribution in [2.75, 3.05) is 6.54 Å². The zero-order valence-electron chi connectivity index (χ0n) is 13.2. The van der Waals surface area contributed by atoms with Crippen molar-refractivity contribution in [1.29, 1.82) is 0 Å². The van der Waals surface area contributed by atoms with E-state index in [-0.39, 0.29) is 24.2 Å². The number of urea groups is 1. The van der Waals surface area contributed by atoms with Crippen LogP contribution in [0.25, 0.3) is 0 Å². The van der Waals surface area contributed by atoms with Crippen molar-refractivity contribution >= 4 is 6.03 Å². The average Bonchev–Trinajstić information content (AvgIpc) is 3.31.